The summed E-state index contributed by atoms with van der Waals surface area (Å²) in [7, 11) is 0. The SMILES string of the molecule is O=C(O)c1ccc(N2C3CCC2CN(CC(=O)N2C=C(c4cccc5ccoc45)CC2)C3)nc1. The molecule has 8 heteroatoms. The van der Waals surface area contributed by atoms with Crippen molar-refractivity contribution in [3.63, 3.8) is 0 Å². The summed E-state index contributed by atoms with van der Waals surface area (Å²) >= 11 is 0. The number of hydrogen-bond donors (Lipinski definition) is 1. The molecule has 0 saturated carbocycles. The number of likely N-dealkylation sites (tertiary alicyclic amines) is 1. The number of amides is 1. The molecule has 2 unspecified atom stereocenters. The Morgan fingerprint density at radius 2 is 1.91 bits per heavy atom. The lowest BCUT2D eigenvalue weighted by atomic mass is 10.0. The summed E-state index contributed by atoms with van der Waals surface area (Å²) in [5.41, 5.74) is 3.27. The van der Waals surface area contributed by atoms with Crippen LogP contribution in [0.2, 0.25) is 0 Å². The van der Waals surface area contributed by atoms with Gasteiger partial charge < -0.3 is 19.3 Å². The van der Waals surface area contributed by atoms with Gasteiger partial charge in [0.25, 0.3) is 0 Å². The molecule has 0 spiro atoms. The smallest absolute Gasteiger partial charge is 0.337 e. The summed E-state index contributed by atoms with van der Waals surface area (Å²) in [5, 5.41) is 10.2. The highest BCUT2D eigenvalue weighted by molar-refractivity contribution is 5.92. The molecular weight excluding hydrogens is 432 g/mol. The largest absolute Gasteiger partial charge is 0.478 e. The molecule has 3 aliphatic rings. The molecule has 6 rings (SSSR count). The lowest BCUT2D eigenvalue weighted by Crippen LogP contribution is -2.55. The van der Waals surface area contributed by atoms with E-state index in [1.807, 2.05) is 29.3 Å². The molecule has 2 atom stereocenters. The number of furan rings is 1. The first kappa shape index (κ1) is 20.9. The summed E-state index contributed by atoms with van der Waals surface area (Å²) in [6.45, 7) is 2.71. The van der Waals surface area contributed by atoms with Crippen molar-refractivity contribution >= 4 is 34.2 Å². The molecule has 2 fully saturated rings. The number of carbonyl (C=O) groups is 2. The van der Waals surface area contributed by atoms with Crippen LogP contribution in [0.5, 0.6) is 0 Å². The molecule has 0 aliphatic carbocycles. The second-order valence-corrected chi connectivity index (χ2v) is 9.33. The van der Waals surface area contributed by atoms with Crippen molar-refractivity contribution in [2.45, 2.75) is 31.3 Å². The third kappa shape index (κ3) is 3.64. The lowest BCUT2D eigenvalue weighted by Gasteiger charge is -2.41. The summed E-state index contributed by atoms with van der Waals surface area (Å²) < 4.78 is 5.68. The monoisotopic (exact) mass is 458 g/mol. The third-order valence-electron chi connectivity index (χ3n) is 7.26. The van der Waals surface area contributed by atoms with Crippen molar-refractivity contribution in [2.75, 3.05) is 31.1 Å². The van der Waals surface area contributed by atoms with Crippen LogP contribution in [0.3, 0.4) is 0 Å². The number of para-hydroxylation sites is 1. The van der Waals surface area contributed by atoms with Gasteiger partial charge in [0.1, 0.15) is 11.4 Å². The topological polar surface area (TPSA) is 90.1 Å². The predicted molar refractivity (Wildman–Crippen MR) is 127 cm³/mol. The number of piperazine rings is 1. The van der Waals surface area contributed by atoms with E-state index < -0.39 is 5.97 Å². The standard InChI is InChI=1S/C26H26N4O4/c31-24(29-10-8-19(13-29)22-3-1-2-17-9-11-34-25(17)22)16-28-14-20-5-6-21(15-28)30(20)23-7-4-18(12-27-23)26(32)33/h1-4,7,9,11-13,20-21H,5-6,8,10,14-16H2,(H,32,33). The van der Waals surface area contributed by atoms with Crippen molar-refractivity contribution in [3.8, 4) is 0 Å². The van der Waals surface area contributed by atoms with Crippen molar-refractivity contribution in [3.05, 3.63) is 66.2 Å². The molecular formula is C26H26N4O4. The van der Waals surface area contributed by atoms with E-state index in [4.69, 9.17) is 9.52 Å². The molecule has 3 aliphatic heterocycles. The Bertz CT molecular complexity index is 1270. The van der Waals surface area contributed by atoms with Crippen LogP contribution in [0.15, 0.2) is 59.5 Å². The minimum Gasteiger partial charge on any atom is -0.478 e. The fraction of sp³-hybridized carbons (Fsp3) is 0.346. The Kier molecular flexibility index (Phi) is 5.10. The van der Waals surface area contributed by atoms with E-state index in [2.05, 4.69) is 20.9 Å². The normalized spacial score (nSPS) is 22.4. The maximum atomic E-state index is 13.1. The highest BCUT2D eigenvalue weighted by Gasteiger charge is 2.41. The number of aromatic carboxylic acids is 1. The minimum absolute atomic E-state index is 0.124. The van der Waals surface area contributed by atoms with E-state index in [0.717, 1.165) is 60.3 Å². The van der Waals surface area contributed by atoms with E-state index in [1.54, 1.807) is 18.4 Å². The van der Waals surface area contributed by atoms with Gasteiger partial charge in [-0.1, -0.05) is 18.2 Å². The number of carbonyl (C=O) groups excluding carboxylic acids is 1. The Labute approximate surface area is 197 Å². The van der Waals surface area contributed by atoms with Crippen LogP contribution in [0.1, 0.15) is 35.2 Å². The highest BCUT2D eigenvalue weighted by Crippen LogP contribution is 2.35. The second-order valence-electron chi connectivity index (χ2n) is 9.33. The number of rotatable bonds is 5. The van der Waals surface area contributed by atoms with Gasteiger partial charge in [0.2, 0.25) is 5.91 Å². The summed E-state index contributed by atoms with van der Waals surface area (Å²) in [6.07, 6.45) is 8.04. The first-order valence-electron chi connectivity index (χ1n) is 11.7. The molecule has 1 aromatic carbocycles. The van der Waals surface area contributed by atoms with Gasteiger partial charge in [-0.15, -0.1) is 0 Å². The zero-order chi connectivity index (χ0) is 23.2. The Balaban J connectivity index is 1.12. The summed E-state index contributed by atoms with van der Waals surface area (Å²) in [6, 6.07) is 12.1. The lowest BCUT2D eigenvalue weighted by molar-refractivity contribution is -0.129. The third-order valence-corrected chi connectivity index (χ3v) is 7.26. The van der Waals surface area contributed by atoms with Crippen LogP contribution in [0.25, 0.3) is 16.5 Å². The Hall–Kier alpha value is -3.65. The Morgan fingerprint density at radius 3 is 2.65 bits per heavy atom. The molecule has 8 nitrogen and oxygen atoms in total. The highest BCUT2D eigenvalue weighted by atomic mass is 16.4. The zero-order valence-corrected chi connectivity index (χ0v) is 18.8. The number of fused-ring (bicyclic) bond motifs is 3. The second kappa shape index (κ2) is 8.29. The summed E-state index contributed by atoms with van der Waals surface area (Å²) in [5.74, 6) is -0.0218. The average molecular weight is 459 g/mol. The van der Waals surface area contributed by atoms with Crippen molar-refractivity contribution in [2.24, 2.45) is 0 Å². The predicted octanol–water partition coefficient (Wildman–Crippen LogP) is 3.45. The maximum Gasteiger partial charge on any atom is 0.337 e. The van der Waals surface area contributed by atoms with E-state index in [-0.39, 0.29) is 23.6 Å². The first-order valence-corrected chi connectivity index (χ1v) is 11.7. The molecule has 1 amide bonds. The van der Waals surface area contributed by atoms with E-state index in [1.165, 1.54) is 6.20 Å². The maximum absolute atomic E-state index is 13.1. The number of carboxylic acid groups (broad SMARTS) is 1. The van der Waals surface area contributed by atoms with Crippen LogP contribution < -0.4 is 4.90 Å². The van der Waals surface area contributed by atoms with Gasteiger partial charge in [0.15, 0.2) is 0 Å². The number of pyridine rings is 1. The van der Waals surface area contributed by atoms with E-state index in [0.29, 0.717) is 13.1 Å². The molecule has 3 aromatic rings. The molecule has 0 radical (unpaired) electrons. The fourth-order valence-electron chi connectivity index (χ4n) is 5.65. The van der Waals surface area contributed by atoms with Gasteiger partial charge in [-0.2, -0.15) is 0 Å². The van der Waals surface area contributed by atoms with E-state index >= 15 is 0 Å². The average Bonchev–Trinajstić information content (AvgIpc) is 3.57. The van der Waals surface area contributed by atoms with Gasteiger partial charge in [-0.25, -0.2) is 9.78 Å². The number of carboxylic acids is 1. The van der Waals surface area contributed by atoms with Crippen LogP contribution >= 0.6 is 0 Å². The van der Waals surface area contributed by atoms with Crippen molar-refractivity contribution in [1.82, 2.24) is 14.8 Å². The van der Waals surface area contributed by atoms with Gasteiger partial charge in [0, 0.05) is 55.1 Å². The number of aromatic nitrogens is 1. The molecule has 174 valence electrons. The molecule has 2 aromatic heterocycles. The van der Waals surface area contributed by atoms with Crippen molar-refractivity contribution < 1.29 is 19.1 Å². The number of benzene rings is 1. The van der Waals surface area contributed by atoms with Crippen LogP contribution in [-0.4, -0.2) is 70.0 Å². The molecule has 5 heterocycles. The van der Waals surface area contributed by atoms with E-state index in [9.17, 15) is 9.59 Å². The van der Waals surface area contributed by atoms with Gasteiger partial charge in [0.05, 0.1) is 18.4 Å². The van der Waals surface area contributed by atoms with Crippen LogP contribution in [0, 0.1) is 0 Å². The minimum atomic E-state index is -0.967. The van der Waals surface area contributed by atoms with Gasteiger partial charge >= 0.3 is 5.97 Å². The fourth-order valence-corrected chi connectivity index (χ4v) is 5.65. The van der Waals surface area contributed by atoms with Gasteiger partial charge in [-0.3, -0.25) is 9.69 Å². The Morgan fingerprint density at radius 1 is 1.09 bits per heavy atom. The molecule has 2 bridgehead atoms. The quantitative estimate of drug-likeness (QED) is 0.626. The van der Waals surface area contributed by atoms with Crippen LogP contribution in [-0.2, 0) is 4.79 Å². The van der Waals surface area contributed by atoms with Crippen LogP contribution in [0.4, 0.5) is 5.82 Å². The first-order chi connectivity index (χ1) is 16.6. The van der Waals surface area contributed by atoms with Gasteiger partial charge in [-0.05, 0) is 43.0 Å². The number of nitrogens with zero attached hydrogens (tertiary/aromatic N) is 4. The number of anilines is 1. The summed E-state index contributed by atoms with van der Waals surface area (Å²) in [4.78, 5) is 35.1. The zero-order valence-electron chi connectivity index (χ0n) is 18.8. The molecule has 34 heavy (non-hydrogen) atoms. The number of hydrogen-bond acceptors (Lipinski definition) is 6. The van der Waals surface area contributed by atoms with Crippen molar-refractivity contribution in [1.29, 1.82) is 0 Å². The molecule has 2 saturated heterocycles. The molecule has 1 N–H and O–H groups in total.